The van der Waals surface area contributed by atoms with Crippen molar-refractivity contribution in [1.82, 2.24) is 5.32 Å². The number of carbonyl (C=O) groups excluding carboxylic acids is 1. The van der Waals surface area contributed by atoms with E-state index in [4.69, 9.17) is 10.5 Å². The van der Waals surface area contributed by atoms with Crippen molar-refractivity contribution >= 4 is 18.3 Å². The monoisotopic (exact) mass is 330 g/mol. The first-order chi connectivity index (χ1) is 10.0. The predicted octanol–water partition coefficient (Wildman–Crippen LogP) is 2.67. The first kappa shape index (κ1) is 18.9. The molecule has 0 aliphatic heterocycles. The Bertz CT molecular complexity index is 505. The van der Waals surface area contributed by atoms with Gasteiger partial charge in [-0.1, -0.05) is 25.3 Å². The van der Waals surface area contributed by atoms with Gasteiger partial charge in [0.1, 0.15) is 5.82 Å². The van der Waals surface area contributed by atoms with Gasteiger partial charge < -0.3 is 15.8 Å². The van der Waals surface area contributed by atoms with E-state index < -0.39 is 5.54 Å². The molecule has 1 saturated carbocycles. The summed E-state index contributed by atoms with van der Waals surface area (Å²) < 4.78 is 18.5. The minimum atomic E-state index is -0.742. The second kappa shape index (κ2) is 8.46. The Morgan fingerprint density at radius 2 is 2.05 bits per heavy atom. The molecule has 0 heterocycles. The van der Waals surface area contributed by atoms with E-state index in [9.17, 15) is 9.18 Å². The summed E-state index contributed by atoms with van der Waals surface area (Å²) in [6, 6.07) is 4.77. The van der Waals surface area contributed by atoms with Gasteiger partial charge in [0, 0.05) is 19.2 Å². The molecule has 1 aromatic rings. The van der Waals surface area contributed by atoms with Gasteiger partial charge in [0.2, 0.25) is 5.91 Å². The van der Waals surface area contributed by atoms with Gasteiger partial charge in [-0.05, 0) is 30.5 Å². The molecule has 0 bridgehead atoms. The minimum absolute atomic E-state index is 0. The maximum Gasteiger partial charge on any atom is 0.240 e. The topological polar surface area (TPSA) is 64.3 Å². The average Bonchev–Trinajstić information content (AvgIpc) is 2.48. The summed E-state index contributed by atoms with van der Waals surface area (Å²) in [5, 5.41) is 2.87. The highest BCUT2D eigenvalue weighted by molar-refractivity contribution is 5.86. The van der Waals surface area contributed by atoms with Crippen LogP contribution in [0.25, 0.3) is 0 Å². The molecule has 1 amide bonds. The van der Waals surface area contributed by atoms with Crippen LogP contribution in [-0.4, -0.2) is 18.6 Å². The number of hydrogen-bond donors (Lipinski definition) is 2. The van der Waals surface area contributed by atoms with Crippen LogP contribution in [0.15, 0.2) is 18.2 Å². The van der Waals surface area contributed by atoms with Crippen molar-refractivity contribution < 1.29 is 13.9 Å². The van der Waals surface area contributed by atoms with Crippen molar-refractivity contribution in [3.63, 3.8) is 0 Å². The van der Waals surface area contributed by atoms with Crippen molar-refractivity contribution in [2.24, 2.45) is 5.73 Å². The van der Waals surface area contributed by atoms with Crippen molar-refractivity contribution in [2.45, 2.75) is 50.8 Å². The summed E-state index contributed by atoms with van der Waals surface area (Å²) in [4.78, 5) is 12.2. The maximum absolute atomic E-state index is 13.5. The van der Waals surface area contributed by atoms with Crippen molar-refractivity contribution in [1.29, 1.82) is 0 Å². The van der Waals surface area contributed by atoms with Crippen LogP contribution in [0.4, 0.5) is 4.39 Å². The molecule has 1 aliphatic rings. The third-order valence-electron chi connectivity index (χ3n) is 4.06. The molecular formula is C16H24ClFN2O2. The van der Waals surface area contributed by atoms with E-state index in [0.717, 1.165) is 37.7 Å². The van der Waals surface area contributed by atoms with E-state index in [0.29, 0.717) is 12.1 Å². The predicted molar refractivity (Wildman–Crippen MR) is 86.2 cm³/mol. The summed E-state index contributed by atoms with van der Waals surface area (Å²) in [6.07, 6.45) is 4.61. The zero-order valence-corrected chi connectivity index (χ0v) is 13.7. The Balaban J connectivity index is 0.00000242. The molecule has 1 fully saturated rings. The summed E-state index contributed by atoms with van der Waals surface area (Å²) in [6.45, 7) is 0.573. The van der Waals surface area contributed by atoms with E-state index >= 15 is 0 Å². The van der Waals surface area contributed by atoms with E-state index in [2.05, 4.69) is 5.32 Å². The van der Waals surface area contributed by atoms with Gasteiger partial charge in [-0.15, -0.1) is 12.4 Å². The lowest BCUT2D eigenvalue weighted by Crippen LogP contribution is -2.54. The average molecular weight is 331 g/mol. The summed E-state index contributed by atoms with van der Waals surface area (Å²) in [5.74, 6) is -0.408. The van der Waals surface area contributed by atoms with Crippen molar-refractivity contribution in [2.75, 3.05) is 7.11 Å². The lowest BCUT2D eigenvalue weighted by atomic mass is 9.82. The Hall–Kier alpha value is -1.17. The molecule has 1 aliphatic carbocycles. The van der Waals surface area contributed by atoms with Crippen LogP contribution in [0.3, 0.4) is 0 Å². The lowest BCUT2D eigenvalue weighted by Gasteiger charge is -2.31. The van der Waals surface area contributed by atoms with E-state index in [1.807, 2.05) is 0 Å². The number of rotatable bonds is 5. The largest absolute Gasteiger partial charge is 0.380 e. The van der Waals surface area contributed by atoms with Crippen molar-refractivity contribution in [3.8, 4) is 0 Å². The second-order valence-corrected chi connectivity index (χ2v) is 5.76. The molecule has 0 spiro atoms. The number of ether oxygens (including phenoxy) is 1. The Labute approximate surface area is 137 Å². The van der Waals surface area contributed by atoms with Gasteiger partial charge in [0.25, 0.3) is 0 Å². The number of carbonyl (C=O) groups is 1. The number of methoxy groups -OCH3 is 1. The normalized spacial score (nSPS) is 16.7. The number of halogens is 2. The third-order valence-corrected chi connectivity index (χ3v) is 4.06. The fourth-order valence-corrected chi connectivity index (χ4v) is 2.77. The SMILES string of the molecule is COCc1cc(CNC(=O)C2(N)CCCCC2)ccc1F.Cl. The van der Waals surface area contributed by atoms with Crippen LogP contribution in [0.2, 0.25) is 0 Å². The van der Waals surface area contributed by atoms with Crippen LogP contribution in [0.5, 0.6) is 0 Å². The molecule has 3 N–H and O–H groups in total. The van der Waals surface area contributed by atoms with Crippen molar-refractivity contribution in [3.05, 3.63) is 35.1 Å². The van der Waals surface area contributed by atoms with Gasteiger partial charge in [0.05, 0.1) is 12.1 Å². The van der Waals surface area contributed by atoms with Gasteiger partial charge in [-0.25, -0.2) is 4.39 Å². The van der Waals surface area contributed by atoms with Crippen LogP contribution < -0.4 is 11.1 Å². The number of hydrogen-bond acceptors (Lipinski definition) is 3. The fraction of sp³-hybridized carbons (Fsp3) is 0.562. The van der Waals surface area contributed by atoms with Gasteiger partial charge in [-0.3, -0.25) is 4.79 Å². The molecule has 6 heteroatoms. The number of nitrogens with one attached hydrogen (secondary N) is 1. The highest BCUT2D eigenvalue weighted by atomic mass is 35.5. The Kier molecular flexibility index (Phi) is 7.26. The van der Waals surface area contributed by atoms with E-state index in [1.54, 1.807) is 12.1 Å². The van der Waals surface area contributed by atoms with Crippen LogP contribution in [-0.2, 0) is 22.7 Å². The summed E-state index contributed by atoms with van der Waals surface area (Å²) in [7, 11) is 1.52. The summed E-state index contributed by atoms with van der Waals surface area (Å²) in [5.41, 5.74) is 6.77. The highest BCUT2D eigenvalue weighted by Gasteiger charge is 2.34. The molecule has 1 aromatic carbocycles. The van der Waals surface area contributed by atoms with E-state index in [-0.39, 0.29) is 30.7 Å². The van der Waals surface area contributed by atoms with Gasteiger partial charge in [-0.2, -0.15) is 0 Å². The zero-order chi connectivity index (χ0) is 15.3. The molecular weight excluding hydrogens is 307 g/mol. The fourth-order valence-electron chi connectivity index (χ4n) is 2.77. The lowest BCUT2D eigenvalue weighted by molar-refractivity contribution is -0.127. The second-order valence-electron chi connectivity index (χ2n) is 5.76. The van der Waals surface area contributed by atoms with E-state index in [1.165, 1.54) is 13.2 Å². The number of benzene rings is 1. The Morgan fingerprint density at radius 3 is 2.68 bits per heavy atom. The van der Waals surface area contributed by atoms with Gasteiger partial charge in [0.15, 0.2) is 0 Å². The smallest absolute Gasteiger partial charge is 0.240 e. The molecule has 22 heavy (non-hydrogen) atoms. The first-order valence-electron chi connectivity index (χ1n) is 7.38. The third kappa shape index (κ3) is 4.66. The van der Waals surface area contributed by atoms with Gasteiger partial charge >= 0.3 is 0 Å². The molecule has 0 saturated heterocycles. The first-order valence-corrected chi connectivity index (χ1v) is 7.38. The minimum Gasteiger partial charge on any atom is -0.380 e. The molecule has 0 unspecified atom stereocenters. The van der Waals surface area contributed by atoms with Crippen LogP contribution in [0.1, 0.15) is 43.2 Å². The highest BCUT2D eigenvalue weighted by Crippen LogP contribution is 2.26. The zero-order valence-electron chi connectivity index (χ0n) is 12.9. The molecule has 0 radical (unpaired) electrons. The number of amides is 1. The maximum atomic E-state index is 13.5. The molecule has 124 valence electrons. The molecule has 2 rings (SSSR count). The van der Waals surface area contributed by atoms with Crippen LogP contribution >= 0.6 is 12.4 Å². The Morgan fingerprint density at radius 1 is 1.36 bits per heavy atom. The molecule has 0 aromatic heterocycles. The standard InChI is InChI=1S/C16H23FN2O2.ClH/c1-21-11-13-9-12(5-6-14(13)17)10-19-15(20)16(18)7-3-2-4-8-16;/h5-6,9H,2-4,7-8,10-11,18H2,1H3,(H,19,20);1H. The van der Waals surface area contributed by atoms with Crippen LogP contribution in [0, 0.1) is 5.82 Å². The quantitative estimate of drug-likeness (QED) is 0.872. The number of nitrogens with two attached hydrogens (primary N) is 1. The molecule has 0 atom stereocenters. The molecule has 4 nitrogen and oxygen atoms in total. The summed E-state index contributed by atoms with van der Waals surface area (Å²) >= 11 is 0.